The van der Waals surface area contributed by atoms with Crippen LogP contribution in [0.3, 0.4) is 0 Å². The third kappa shape index (κ3) is 3.85. The van der Waals surface area contributed by atoms with E-state index < -0.39 is 18.2 Å². The number of halogens is 3. The first-order valence-corrected chi connectivity index (χ1v) is 7.02. The molecule has 0 aromatic rings. The Morgan fingerprint density at radius 1 is 1.30 bits per heavy atom. The van der Waals surface area contributed by atoms with E-state index in [0.29, 0.717) is 25.7 Å². The Bertz CT molecular complexity index is 350. The van der Waals surface area contributed by atoms with Crippen molar-refractivity contribution in [3.05, 3.63) is 0 Å². The SMILES string of the molecule is CN(CC(=O)N1CCC(C(O)C(F)(F)F)CC1)C1CC1. The van der Waals surface area contributed by atoms with Crippen molar-refractivity contribution in [2.45, 2.75) is 44.0 Å². The van der Waals surface area contributed by atoms with Gasteiger partial charge in [0.15, 0.2) is 6.10 Å². The highest BCUT2D eigenvalue weighted by molar-refractivity contribution is 5.78. The first kappa shape index (κ1) is 15.6. The number of aliphatic hydroxyl groups excluding tert-OH is 1. The second-order valence-corrected chi connectivity index (χ2v) is 5.85. The quantitative estimate of drug-likeness (QED) is 0.848. The Kier molecular flexibility index (Phi) is 4.59. The summed E-state index contributed by atoms with van der Waals surface area (Å²) in [5.74, 6) is -0.820. The zero-order chi connectivity index (χ0) is 14.9. The number of likely N-dealkylation sites (N-methyl/N-ethyl adjacent to an activating group) is 1. The zero-order valence-electron chi connectivity index (χ0n) is 11.6. The Morgan fingerprint density at radius 2 is 1.85 bits per heavy atom. The van der Waals surface area contributed by atoms with E-state index in [0.717, 1.165) is 12.8 Å². The number of alkyl halides is 3. The van der Waals surface area contributed by atoms with Gasteiger partial charge in [-0.25, -0.2) is 0 Å². The average Bonchev–Trinajstić information content (AvgIpc) is 3.21. The van der Waals surface area contributed by atoms with E-state index >= 15 is 0 Å². The highest BCUT2D eigenvalue weighted by Gasteiger charge is 2.44. The van der Waals surface area contributed by atoms with E-state index in [1.54, 1.807) is 4.90 Å². The van der Waals surface area contributed by atoms with Crippen LogP contribution in [0.2, 0.25) is 0 Å². The summed E-state index contributed by atoms with van der Waals surface area (Å²) in [6.45, 7) is 0.932. The van der Waals surface area contributed by atoms with Crippen molar-refractivity contribution in [3.63, 3.8) is 0 Å². The molecule has 2 aliphatic rings. The van der Waals surface area contributed by atoms with Gasteiger partial charge in [-0.3, -0.25) is 9.69 Å². The molecule has 1 unspecified atom stereocenters. The molecular formula is C13H21F3N2O2. The van der Waals surface area contributed by atoms with Gasteiger partial charge in [-0.1, -0.05) is 0 Å². The second kappa shape index (κ2) is 5.89. The van der Waals surface area contributed by atoms with Crippen molar-refractivity contribution in [1.82, 2.24) is 9.80 Å². The summed E-state index contributed by atoms with van der Waals surface area (Å²) in [5.41, 5.74) is 0. The number of hydrogen-bond donors (Lipinski definition) is 1. The molecule has 0 radical (unpaired) electrons. The summed E-state index contributed by atoms with van der Waals surface area (Å²) < 4.78 is 37.3. The highest BCUT2D eigenvalue weighted by Crippen LogP contribution is 2.31. The van der Waals surface area contributed by atoms with Gasteiger partial charge in [0.05, 0.1) is 6.54 Å². The molecule has 2 fully saturated rings. The van der Waals surface area contributed by atoms with Gasteiger partial charge in [-0.05, 0) is 38.6 Å². The van der Waals surface area contributed by atoms with Crippen LogP contribution >= 0.6 is 0 Å². The van der Waals surface area contributed by atoms with Crippen LogP contribution in [0, 0.1) is 5.92 Å². The van der Waals surface area contributed by atoms with Crippen LogP contribution in [0.5, 0.6) is 0 Å². The van der Waals surface area contributed by atoms with Crippen molar-refractivity contribution in [2.75, 3.05) is 26.7 Å². The summed E-state index contributed by atoms with van der Waals surface area (Å²) in [7, 11) is 1.90. The van der Waals surface area contributed by atoms with Crippen molar-refractivity contribution in [1.29, 1.82) is 0 Å². The predicted molar refractivity (Wildman–Crippen MR) is 67.0 cm³/mol. The summed E-state index contributed by atoms with van der Waals surface area (Å²) >= 11 is 0. The lowest BCUT2D eigenvalue weighted by molar-refractivity contribution is -0.222. The molecule has 1 aliphatic carbocycles. The molecule has 1 aliphatic heterocycles. The largest absolute Gasteiger partial charge is 0.414 e. The summed E-state index contributed by atoms with van der Waals surface area (Å²) in [5, 5.41) is 9.23. The second-order valence-electron chi connectivity index (χ2n) is 5.85. The first-order chi connectivity index (χ1) is 9.29. The molecule has 1 saturated heterocycles. The maximum Gasteiger partial charge on any atom is 0.414 e. The van der Waals surface area contributed by atoms with Crippen LogP contribution in [0.1, 0.15) is 25.7 Å². The lowest BCUT2D eigenvalue weighted by Gasteiger charge is -2.35. The number of piperidine rings is 1. The molecule has 0 bridgehead atoms. The van der Waals surface area contributed by atoms with Gasteiger partial charge in [-0.2, -0.15) is 13.2 Å². The molecule has 0 aromatic carbocycles. The van der Waals surface area contributed by atoms with Crippen molar-refractivity contribution < 1.29 is 23.1 Å². The normalized spacial score (nSPS) is 23.2. The Balaban J connectivity index is 1.77. The van der Waals surface area contributed by atoms with Gasteiger partial charge < -0.3 is 10.0 Å². The van der Waals surface area contributed by atoms with Crippen LogP contribution < -0.4 is 0 Å². The van der Waals surface area contributed by atoms with E-state index in [4.69, 9.17) is 0 Å². The van der Waals surface area contributed by atoms with E-state index in [-0.39, 0.29) is 18.7 Å². The molecule has 0 spiro atoms. The maximum atomic E-state index is 12.4. The summed E-state index contributed by atoms with van der Waals surface area (Å²) in [6, 6.07) is 0.489. The number of amides is 1. The topological polar surface area (TPSA) is 43.8 Å². The van der Waals surface area contributed by atoms with Gasteiger partial charge in [-0.15, -0.1) is 0 Å². The minimum Gasteiger partial charge on any atom is -0.383 e. The summed E-state index contributed by atoms with van der Waals surface area (Å²) in [6.07, 6.45) is -4.19. The van der Waals surface area contributed by atoms with Crippen LogP contribution in [-0.2, 0) is 4.79 Å². The molecule has 4 nitrogen and oxygen atoms in total. The van der Waals surface area contributed by atoms with Crippen LogP contribution in [0.25, 0.3) is 0 Å². The number of carbonyl (C=O) groups excluding carboxylic acids is 1. The third-order valence-corrected chi connectivity index (χ3v) is 4.23. The van der Waals surface area contributed by atoms with Crippen LogP contribution in [-0.4, -0.2) is 65.8 Å². The molecule has 2 rings (SSSR count). The molecule has 116 valence electrons. The van der Waals surface area contributed by atoms with Gasteiger partial charge >= 0.3 is 6.18 Å². The molecule has 1 amide bonds. The molecule has 0 aromatic heterocycles. The average molecular weight is 294 g/mol. The van der Waals surface area contributed by atoms with Gasteiger partial charge in [0.25, 0.3) is 0 Å². The molecule has 20 heavy (non-hydrogen) atoms. The predicted octanol–water partition coefficient (Wildman–Crippen LogP) is 1.24. The number of carbonyl (C=O) groups is 1. The number of hydrogen-bond acceptors (Lipinski definition) is 3. The van der Waals surface area contributed by atoms with E-state index in [1.807, 2.05) is 11.9 Å². The van der Waals surface area contributed by atoms with Gasteiger partial charge in [0.1, 0.15) is 0 Å². The molecule has 1 saturated carbocycles. The summed E-state index contributed by atoms with van der Waals surface area (Å²) in [4.78, 5) is 15.6. The van der Waals surface area contributed by atoms with E-state index in [9.17, 15) is 23.1 Å². The van der Waals surface area contributed by atoms with E-state index in [1.165, 1.54) is 0 Å². The third-order valence-electron chi connectivity index (χ3n) is 4.23. The minimum atomic E-state index is -4.57. The van der Waals surface area contributed by atoms with Gasteiger partial charge in [0, 0.05) is 19.1 Å². The van der Waals surface area contributed by atoms with Crippen molar-refractivity contribution in [2.24, 2.45) is 5.92 Å². The number of aliphatic hydroxyl groups is 1. The Hall–Kier alpha value is -0.820. The van der Waals surface area contributed by atoms with E-state index in [2.05, 4.69) is 0 Å². The van der Waals surface area contributed by atoms with Crippen LogP contribution in [0.4, 0.5) is 13.2 Å². The number of nitrogens with zero attached hydrogens (tertiary/aromatic N) is 2. The fourth-order valence-electron chi connectivity index (χ4n) is 2.69. The molecule has 1 N–H and O–H groups in total. The molecule has 7 heteroatoms. The smallest absolute Gasteiger partial charge is 0.383 e. The lowest BCUT2D eigenvalue weighted by Crippen LogP contribution is -2.47. The number of likely N-dealkylation sites (tertiary alicyclic amines) is 1. The first-order valence-electron chi connectivity index (χ1n) is 7.02. The fourth-order valence-corrected chi connectivity index (χ4v) is 2.69. The standard InChI is InChI=1S/C13H21F3N2O2/c1-17(10-2-3-10)8-11(19)18-6-4-9(5-7-18)12(20)13(14,15)16/h9-10,12,20H,2-8H2,1H3. The molecule has 1 heterocycles. The highest BCUT2D eigenvalue weighted by atomic mass is 19.4. The molecule has 1 atom stereocenters. The Morgan fingerprint density at radius 3 is 2.30 bits per heavy atom. The number of rotatable bonds is 4. The monoisotopic (exact) mass is 294 g/mol. The maximum absolute atomic E-state index is 12.4. The zero-order valence-corrected chi connectivity index (χ0v) is 11.6. The van der Waals surface area contributed by atoms with Crippen molar-refractivity contribution in [3.8, 4) is 0 Å². The lowest BCUT2D eigenvalue weighted by atomic mass is 9.91. The fraction of sp³-hybridized carbons (Fsp3) is 0.923. The van der Waals surface area contributed by atoms with Crippen LogP contribution in [0.15, 0.2) is 0 Å². The van der Waals surface area contributed by atoms with Crippen molar-refractivity contribution >= 4 is 5.91 Å². The molecular weight excluding hydrogens is 273 g/mol. The Labute approximate surface area is 116 Å². The van der Waals surface area contributed by atoms with Gasteiger partial charge in [0.2, 0.25) is 5.91 Å². The minimum absolute atomic E-state index is 0.0284.